The lowest BCUT2D eigenvalue weighted by atomic mass is 9.92. The van der Waals surface area contributed by atoms with Crippen molar-refractivity contribution in [3.63, 3.8) is 0 Å². The van der Waals surface area contributed by atoms with Crippen molar-refractivity contribution in [1.29, 1.82) is 0 Å². The van der Waals surface area contributed by atoms with Crippen LogP contribution < -0.4 is 16.6 Å². The Morgan fingerprint density at radius 1 is 1.58 bits per heavy atom. The average Bonchev–Trinajstić information content (AvgIpc) is 2.38. The van der Waals surface area contributed by atoms with Crippen LogP contribution in [-0.2, 0) is 7.05 Å². The summed E-state index contributed by atoms with van der Waals surface area (Å²) >= 11 is 0. The predicted molar refractivity (Wildman–Crippen MR) is 71.2 cm³/mol. The Morgan fingerprint density at radius 2 is 2.21 bits per heavy atom. The van der Waals surface area contributed by atoms with E-state index >= 15 is 0 Å². The second kappa shape index (κ2) is 5.55. The zero-order valence-electron chi connectivity index (χ0n) is 11.2. The maximum absolute atomic E-state index is 11.9. The highest BCUT2D eigenvalue weighted by Gasteiger charge is 2.24. The molecule has 7 nitrogen and oxygen atoms in total. The van der Waals surface area contributed by atoms with Gasteiger partial charge in [-0.2, -0.15) is 0 Å². The fourth-order valence-electron chi connectivity index (χ4n) is 1.32. The Hall–Kier alpha value is -2.31. The zero-order chi connectivity index (χ0) is 14.6. The highest BCUT2D eigenvalue weighted by molar-refractivity contribution is 5.94. The quantitative estimate of drug-likeness (QED) is 0.305. The molecule has 0 aliphatic heterocycles. The van der Waals surface area contributed by atoms with E-state index in [2.05, 4.69) is 10.5 Å². The number of nitrogens with one attached hydrogen (secondary N) is 1. The van der Waals surface area contributed by atoms with Crippen molar-refractivity contribution in [2.24, 2.45) is 23.4 Å². The van der Waals surface area contributed by atoms with Crippen molar-refractivity contribution in [3.05, 3.63) is 34.2 Å². The van der Waals surface area contributed by atoms with Gasteiger partial charge in [0.15, 0.2) is 0 Å². The van der Waals surface area contributed by atoms with Crippen LogP contribution in [0.25, 0.3) is 0 Å². The first-order chi connectivity index (χ1) is 8.77. The number of nitrogens with zero attached hydrogens (tertiary/aromatic N) is 2. The Kier molecular flexibility index (Phi) is 4.31. The Morgan fingerprint density at radius 3 is 2.74 bits per heavy atom. The zero-order valence-corrected chi connectivity index (χ0v) is 11.2. The van der Waals surface area contributed by atoms with E-state index in [0.29, 0.717) is 0 Å². The van der Waals surface area contributed by atoms with E-state index in [4.69, 9.17) is 10.9 Å². The molecule has 0 aliphatic rings. The van der Waals surface area contributed by atoms with E-state index in [0.717, 1.165) is 0 Å². The van der Waals surface area contributed by atoms with Gasteiger partial charge in [-0.05, 0) is 6.07 Å². The minimum atomic E-state index is -0.676. The lowest BCUT2D eigenvalue weighted by Crippen LogP contribution is -2.42. The van der Waals surface area contributed by atoms with Crippen molar-refractivity contribution < 1.29 is 10.0 Å². The molecule has 0 saturated heterocycles. The summed E-state index contributed by atoms with van der Waals surface area (Å²) in [4.78, 5) is 23.3. The maximum atomic E-state index is 11.9. The molecule has 0 aliphatic carbocycles. The Labute approximate surface area is 110 Å². The summed E-state index contributed by atoms with van der Waals surface area (Å²) in [5.41, 5.74) is 4.85. The van der Waals surface area contributed by atoms with E-state index in [-0.39, 0.29) is 29.4 Å². The highest BCUT2D eigenvalue weighted by atomic mass is 16.4. The molecule has 0 radical (unpaired) electrons. The predicted octanol–water partition coefficient (Wildman–Crippen LogP) is -0.112. The number of carbonyl (C=O) groups excluding carboxylic acids is 1. The van der Waals surface area contributed by atoms with E-state index in [1.54, 1.807) is 27.0 Å². The van der Waals surface area contributed by atoms with E-state index in [1.165, 1.54) is 16.8 Å². The number of hydrogen-bond acceptors (Lipinski definition) is 4. The molecular weight excluding hydrogens is 248 g/mol. The smallest absolute Gasteiger partial charge is 0.251 e. The summed E-state index contributed by atoms with van der Waals surface area (Å²) in [5.74, 6) is -0.353. The number of carbonyl (C=O) groups is 1. The number of amides is 1. The summed E-state index contributed by atoms with van der Waals surface area (Å²) in [5, 5.41) is 14.2. The molecule has 1 heterocycles. The number of hydrogen-bond donors (Lipinski definition) is 3. The molecule has 0 bridgehead atoms. The minimum Gasteiger partial charge on any atom is -0.409 e. The summed E-state index contributed by atoms with van der Waals surface area (Å²) in [6, 6.07) is 2.80. The van der Waals surface area contributed by atoms with Crippen LogP contribution in [0, 0.1) is 5.41 Å². The molecule has 4 N–H and O–H groups in total. The second-order valence-corrected chi connectivity index (χ2v) is 4.92. The van der Waals surface area contributed by atoms with Gasteiger partial charge < -0.3 is 20.8 Å². The van der Waals surface area contributed by atoms with Crippen LogP contribution in [0.1, 0.15) is 24.2 Å². The van der Waals surface area contributed by atoms with Gasteiger partial charge in [-0.15, -0.1) is 0 Å². The summed E-state index contributed by atoms with van der Waals surface area (Å²) in [7, 11) is 1.60. The van der Waals surface area contributed by atoms with Crippen LogP contribution in [0.5, 0.6) is 0 Å². The SMILES string of the molecule is Cn1ccc(C(=O)NCC(C)(C)/C(N)=N/O)cc1=O. The van der Waals surface area contributed by atoms with Crippen LogP contribution in [0.4, 0.5) is 0 Å². The van der Waals surface area contributed by atoms with Crippen LogP contribution in [0.3, 0.4) is 0 Å². The molecule has 0 spiro atoms. The van der Waals surface area contributed by atoms with Gasteiger partial charge in [0, 0.05) is 36.8 Å². The largest absolute Gasteiger partial charge is 0.409 e. The molecule has 0 atom stereocenters. The number of amidine groups is 1. The second-order valence-electron chi connectivity index (χ2n) is 4.92. The van der Waals surface area contributed by atoms with Gasteiger partial charge in [0.1, 0.15) is 5.84 Å². The van der Waals surface area contributed by atoms with Crippen molar-refractivity contribution in [1.82, 2.24) is 9.88 Å². The topological polar surface area (TPSA) is 110 Å². The lowest BCUT2D eigenvalue weighted by molar-refractivity contribution is 0.0944. The first kappa shape index (κ1) is 14.7. The van der Waals surface area contributed by atoms with E-state index < -0.39 is 5.41 Å². The first-order valence-electron chi connectivity index (χ1n) is 5.71. The van der Waals surface area contributed by atoms with Gasteiger partial charge in [-0.3, -0.25) is 9.59 Å². The number of aromatic nitrogens is 1. The number of aryl methyl sites for hydroxylation is 1. The molecule has 104 valence electrons. The van der Waals surface area contributed by atoms with Crippen LogP contribution in [0.2, 0.25) is 0 Å². The number of rotatable bonds is 4. The third-order valence-electron chi connectivity index (χ3n) is 2.86. The van der Waals surface area contributed by atoms with Gasteiger partial charge in [0.2, 0.25) is 0 Å². The fraction of sp³-hybridized carbons (Fsp3) is 0.417. The van der Waals surface area contributed by atoms with Crippen LogP contribution >= 0.6 is 0 Å². The molecule has 7 heteroatoms. The van der Waals surface area contributed by atoms with Crippen molar-refractivity contribution in [2.75, 3.05) is 6.54 Å². The van der Waals surface area contributed by atoms with E-state index in [1.807, 2.05) is 0 Å². The molecule has 0 unspecified atom stereocenters. The minimum absolute atomic E-state index is 0.0248. The van der Waals surface area contributed by atoms with Gasteiger partial charge in [0.25, 0.3) is 11.5 Å². The number of pyridine rings is 1. The number of nitrogens with two attached hydrogens (primary N) is 1. The van der Waals surface area contributed by atoms with Crippen molar-refractivity contribution in [3.8, 4) is 0 Å². The molecular formula is C12H18N4O3. The molecule has 1 aromatic heterocycles. The van der Waals surface area contributed by atoms with Crippen LogP contribution in [0.15, 0.2) is 28.3 Å². The summed E-state index contributed by atoms with van der Waals surface area (Å²) < 4.78 is 1.37. The summed E-state index contributed by atoms with van der Waals surface area (Å²) in [6.07, 6.45) is 1.52. The fourth-order valence-corrected chi connectivity index (χ4v) is 1.32. The number of oxime groups is 1. The third-order valence-corrected chi connectivity index (χ3v) is 2.86. The van der Waals surface area contributed by atoms with Gasteiger partial charge in [-0.25, -0.2) is 0 Å². The first-order valence-corrected chi connectivity index (χ1v) is 5.71. The van der Waals surface area contributed by atoms with Gasteiger partial charge in [-0.1, -0.05) is 19.0 Å². The van der Waals surface area contributed by atoms with Gasteiger partial charge in [0.05, 0.1) is 0 Å². The molecule has 19 heavy (non-hydrogen) atoms. The monoisotopic (exact) mass is 266 g/mol. The normalized spacial score (nSPS) is 12.3. The van der Waals surface area contributed by atoms with Crippen molar-refractivity contribution in [2.45, 2.75) is 13.8 Å². The highest BCUT2D eigenvalue weighted by Crippen LogP contribution is 2.13. The van der Waals surface area contributed by atoms with Gasteiger partial charge >= 0.3 is 0 Å². The van der Waals surface area contributed by atoms with E-state index in [9.17, 15) is 9.59 Å². The van der Waals surface area contributed by atoms with Crippen LogP contribution in [-0.4, -0.2) is 28.1 Å². The standard InChI is InChI=1S/C12H18N4O3/c1-12(2,11(13)15-19)7-14-10(18)8-4-5-16(3)9(17)6-8/h4-6,19H,7H2,1-3H3,(H2,13,15)(H,14,18). The molecule has 1 aromatic rings. The maximum Gasteiger partial charge on any atom is 0.251 e. The molecule has 0 fully saturated rings. The molecule has 1 rings (SSSR count). The van der Waals surface area contributed by atoms with Crippen molar-refractivity contribution >= 4 is 11.7 Å². The molecule has 0 aromatic carbocycles. The Balaban J connectivity index is 2.76. The summed E-state index contributed by atoms with van der Waals surface area (Å²) in [6.45, 7) is 3.65. The average molecular weight is 266 g/mol. The Bertz CT molecular complexity index is 560. The third kappa shape index (κ3) is 3.57. The molecule has 1 amide bonds. The molecule has 0 saturated carbocycles. The lowest BCUT2D eigenvalue weighted by Gasteiger charge is -2.23.